The third-order valence-corrected chi connectivity index (χ3v) is 6.37. The van der Waals surface area contributed by atoms with Crippen LogP contribution in [0.25, 0.3) is 0 Å². The molecule has 2 heterocycles. The molecule has 3 heteroatoms. The molecular weight excluding hydrogens is 298 g/mol. The summed E-state index contributed by atoms with van der Waals surface area (Å²) < 4.78 is 0. The summed E-state index contributed by atoms with van der Waals surface area (Å²) in [7, 11) is 0. The molecule has 1 aliphatic carbocycles. The molecule has 128 valence electrons. The van der Waals surface area contributed by atoms with Crippen LogP contribution in [-0.4, -0.2) is 24.2 Å². The van der Waals surface area contributed by atoms with Crippen molar-refractivity contribution in [1.29, 1.82) is 0 Å². The maximum Gasteiger partial charge on any atom is 0.149 e. The lowest BCUT2D eigenvalue weighted by molar-refractivity contribution is -0.150. The summed E-state index contributed by atoms with van der Waals surface area (Å²) in [6, 6.07) is 8.45. The third-order valence-electron chi connectivity index (χ3n) is 6.37. The van der Waals surface area contributed by atoms with E-state index in [0.29, 0.717) is 19.3 Å². The number of hydrogen-bond donors (Lipinski definition) is 0. The number of Topliss-reactive ketones (excluding diaryl/α,β-unsaturated/α-hetero) is 2. The number of carbonyl (C=O) groups excluding carboxylic acids is 2. The summed E-state index contributed by atoms with van der Waals surface area (Å²) in [4.78, 5) is 29.1. The number of fused-ring (bicyclic) bond motifs is 4. The number of rotatable bonds is 0. The maximum atomic E-state index is 13.3. The Bertz CT molecular complexity index is 671. The van der Waals surface area contributed by atoms with Crippen molar-refractivity contribution in [3.63, 3.8) is 0 Å². The summed E-state index contributed by atoms with van der Waals surface area (Å²) in [6.45, 7) is 5.07. The predicted octanol–water partition coefficient (Wildman–Crippen LogP) is 3.94. The molecule has 0 radical (unpaired) electrons. The summed E-state index contributed by atoms with van der Waals surface area (Å²) in [6.07, 6.45) is 6.10. The topological polar surface area (TPSA) is 37.4 Å². The summed E-state index contributed by atoms with van der Waals surface area (Å²) in [5.41, 5.74) is 1.44. The zero-order valence-corrected chi connectivity index (χ0v) is 14.8. The van der Waals surface area contributed by atoms with Crippen LogP contribution in [-0.2, 0) is 16.0 Å². The molecule has 1 aromatic carbocycles. The molecule has 1 aromatic rings. The van der Waals surface area contributed by atoms with Gasteiger partial charge in [-0.1, -0.05) is 44.9 Å². The predicted molar refractivity (Wildman–Crippen MR) is 95.2 cm³/mol. The number of anilines is 1. The molecule has 0 unspecified atom stereocenters. The summed E-state index contributed by atoms with van der Waals surface area (Å²) in [5.74, 6) is 0.380. The van der Waals surface area contributed by atoms with Crippen LogP contribution in [0.3, 0.4) is 0 Å². The van der Waals surface area contributed by atoms with E-state index in [-0.39, 0.29) is 23.0 Å². The Labute approximate surface area is 144 Å². The monoisotopic (exact) mass is 325 g/mol. The Morgan fingerprint density at radius 1 is 0.958 bits per heavy atom. The largest absolute Gasteiger partial charge is 0.367 e. The molecule has 1 spiro atoms. The molecule has 0 aromatic heterocycles. The Morgan fingerprint density at radius 3 is 2.42 bits per heavy atom. The molecule has 4 rings (SSSR count). The van der Waals surface area contributed by atoms with Gasteiger partial charge in [-0.2, -0.15) is 0 Å². The Morgan fingerprint density at radius 2 is 1.67 bits per heavy atom. The highest BCUT2D eigenvalue weighted by atomic mass is 16.2. The zero-order valence-electron chi connectivity index (χ0n) is 14.8. The summed E-state index contributed by atoms with van der Waals surface area (Å²) >= 11 is 0. The van der Waals surface area contributed by atoms with Gasteiger partial charge in [0.15, 0.2) is 0 Å². The highest BCUT2D eigenvalue weighted by Crippen LogP contribution is 2.51. The van der Waals surface area contributed by atoms with Gasteiger partial charge in [0.25, 0.3) is 0 Å². The fraction of sp³-hybridized carbons (Fsp3) is 0.619. The van der Waals surface area contributed by atoms with Gasteiger partial charge in [0, 0.05) is 31.1 Å². The Balaban J connectivity index is 1.86. The first-order valence-electron chi connectivity index (χ1n) is 9.35. The second kappa shape index (κ2) is 5.44. The minimum absolute atomic E-state index is 0.0611. The standard InChI is InChI=1S/C21H27NO2/c1-20(2)13-18(23)21(19(24)14-20)12-15-8-5-6-9-16(15)22-11-7-3-4-10-17(21)22/h5-6,8-9,17H,3-4,7,10-14H2,1-2H3/t17-/m0/s1. The van der Waals surface area contributed by atoms with E-state index >= 15 is 0 Å². The van der Waals surface area contributed by atoms with Crippen LogP contribution in [0.2, 0.25) is 0 Å². The number of ketones is 2. The van der Waals surface area contributed by atoms with Crippen LogP contribution in [0, 0.1) is 10.8 Å². The van der Waals surface area contributed by atoms with Gasteiger partial charge in [0.2, 0.25) is 0 Å². The molecule has 1 atom stereocenters. The highest BCUT2D eigenvalue weighted by Gasteiger charge is 2.59. The molecule has 0 N–H and O–H groups in total. The van der Waals surface area contributed by atoms with Crippen molar-refractivity contribution < 1.29 is 9.59 Å². The van der Waals surface area contributed by atoms with Crippen LogP contribution in [0.4, 0.5) is 5.69 Å². The minimum Gasteiger partial charge on any atom is -0.367 e. The van der Waals surface area contributed by atoms with Crippen molar-refractivity contribution in [1.82, 2.24) is 0 Å². The van der Waals surface area contributed by atoms with Crippen LogP contribution in [0.5, 0.6) is 0 Å². The van der Waals surface area contributed by atoms with Crippen LogP contribution in [0.15, 0.2) is 24.3 Å². The van der Waals surface area contributed by atoms with Crippen LogP contribution >= 0.6 is 0 Å². The lowest BCUT2D eigenvalue weighted by Gasteiger charge is -2.52. The van der Waals surface area contributed by atoms with Crippen molar-refractivity contribution in [2.75, 3.05) is 11.4 Å². The first-order chi connectivity index (χ1) is 11.4. The van der Waals surface area contributed by atoms with Gasteiger partial charge in [0.05, 0.1) is 0 Å². The fourth-order valence-electron chi connectivity index (χ4n) is 5.24. The van der Waals surface area contributed by atoms with Crippen molar-refractivity contribution in [3.05, 3.63) is 29.8 Å². The van der Waals surface area contributed by atoms with Gasteiger partial charge < -0.3 is 4.90 Å². The number of hydrogen-bond acceptors (Lipinski definition) is 3. The fourth-order valence-corrected chi connectivity index (χ4v) is 5.24. The molecule has 1 saturated heterocycles. The van der Waals surface area contributed by atoms with Crippen molar-refractivity contribution >= 4 is 17.3 Å². The first kappa shape index (κ1) is 15.9. The molecule has 3 nitrogen and oxygen atoms in total. The van der Waals surface area contributed by atoms with E-state index in [1.165, 1.54) is 17.7 Å². The van der Waals surface area contributed by atoms with Gasteiger partial charge in [0.1, 0.15) is 17.0 Å². The normalized spacial score (nSPS) is 28.2. The quantitative estimate of drug-likeness (QED) is 0.678. The van der Waals surface area contributed by atoms with Crippen molar-refractivity contribution in [3.8, 4) is 0 Å². The van der Waals surface area contributed by atoms with Crippen molar-refractivity contribution in [2.45, 2.75) is 64.8 Å². The average Bonchev–Trinajstić information content (AvgIpc) is 2.78. The van der Waals surface area contributed by atoms with E-state index in [9.17, 15) is 9.59 Å². The highest BCUT2D eigenvalue weighted by molar-refractivity contribution is 6.11. The minimum atomic E-state index is -0.797. The molecule has 24 heavy (non-hydrogen) atoms. The van der Waals surface area contributed by atoms with E-state index in [4.69, 9.17) is 0 Å². The van der Waals surface area contributed by atoms with Crippen molar-refractivity contribution in [2.24, 2.45) is 10.8 Å². The second-order valence-electron chi connectivity index (χ2n) is 8.70. The lowest BCUT2D eigenvalue weighted by Crippen LogP contribution is -2.63. The number of para-hydroxylation sites is 1. The Hall–Kier alpha value is -1.64. The third kappa shape index (κ3) is 2.24. The van der Waals surface area contributed by atoms with E-state index in [0.717, 1.165) is 25.8 Å². The summed E-state index contributed by atoms with van der Waals surface area (Å²) in [5, 5.41) is 0. The van der Waals surface area contributed by atoms with Gasteiger partial charge in [-0.05, 0) is 36.3 Å². The van der Waals surface area contributed by atoms with E-state index in [1.807, 2.05) is 6.07 Å². The van der Waals surface area contributed by atoms with Crippen LogP contribution < -0.4 is 4.90 Å². The van der Waals surface area contributed by atoms with E-state index in [2.05, 4.69) is 36.9 Å². The van der Waals surface area contributed by atoms with Gasteiger partial charge in [-0.15, -0.1) is 0 Å². The number of benzene rings is 1. The second-order valence-corrected chi connectivity index (χ2v) is 8.70. The van der Waals surface area contributed by atoms with E-state index < -0.39 is 5.41 Å². The molecule has 1 saturated carbocycles. The molecule has 2 aliphatic heterocycles. The van der Waals surface area contributed by atoms with E-state index in [1.54, 1.807) is 0 Å². The molecular formula is C21H27NO2. The van der Waals surface area contributed by atoms with Gasteiger partial charge in [-0.25, -0.2) is 0 Å². The Kier molecular flexibility index (Phi) is 3.59. The van der Waals surface area contributed by atoms with Gasteiger partial charge >= 0.3 is 0 Å². The zero-order chi connectivity index (χ0) is 16.9. The lowest BCUT2D eigenvalue weighted by atomic mass is 9.56. The molecule has 2 fully saturated rings. The number of carbonyl (C=O) groups is 2. The number of nitrogens with zero attached hydrogens (tertiary/aromatic N) is 1. The SMILES string of the molecule is CC1(C)CC(=O)C2(Cc3ccccc3N3CCCCC[C@H]32)C(=O)C1. The smallest absolute Gasteiger partial charge is 0.149 e. The molecule has 3 aliphatic rings. The van der Waals surface area contributed by atoms with Crippen LogP contribution in [0.1, 0.15) is 57.9 Å². The molecule has 0 bridgehead atoms. The molecule has 0 amide bonds. The van der Waals surface area contributed by atoms with Gasteiger partial charge in [-0.3, -0.25) is 9.59 Å². The maximum absolute atomic E-state index is 13.3. The average molecular weight is 325 g/mol. The first-order valence-corrected chi connectivity index (χ1v) is 9.35.